The first kappa shape index (κ1) is 13.6. The highest BCUT2D eigenvalue weighted by Crippen LogP contribution is 2.38. The second-order valence-corrected chi connectivity index (χ2v) is 6.29. The minimum absolute atomic E-state index is 0.0275. The normalized spacial score (nSPS) is 16.5. The van der Waals surface area contributed by atoms with Gasteiger partial charge < -0.3 is 9.47 Å². The van der Waals surface area contributed by atoms with Gasteiger partial charge in [0.25, 0.3) is 0 Å². The van der Waals surface area contributed by atoms with Gasteiger partial charge in [0.2, 0.25) is 5.16 Å². The van der Waals surface area contributed by atoms with Crippen LogP contribution in [0.5, 0.6) is 11.5 Å². The molecule has 2 heterocycles. The summed E-state index contributed by atoms with van der Waals surface area (Å²) in [6.45, 7) is 1.06. The molecule has 22 heavy (non-hydrogen) atoms. The van der Waals surface area contributed by atoms with E-state index in [9.17, 15) is 4.79 Å². The predicted molar refractivity (Wildman–Crippen MR) is 80.8 cm³/mol. The number of hydrogen-bond donors (Lipinski definition) is 1. The number of rotatable bonds is 5. The number of fused-ring (bicyclic) bond motifs is 1. The molecule has 1 N–H and O–H groups in total. The lowest BCUT2D eigenvalue weighted by atomic mass is 10.1. The molecule has 1 saturated carbocycles. The first-order chi connectivity index (χ1) is 10.8. The third-order valence-corrected chi connectivity index (χ3v) is 4.49. The van der Waals surface area contributed by atoms with E-state index < -0.39 is 0 Å². The van der Waals surface area contributed by atoms with Gasteiger partial charge in [0.1, 0.15) is 19.0 Å². The number of aromatic amines is 1. The van der Waals surface area contributed by atoms with E-state index in [2.05, 4.69) is 15.2 Å². The molecule has 2 aliphatic rings. The van der Waals surface area contributed by atoms with Crippen molar-refractivity contribution in [3.63, 3.8) is 0 Å². The van der Waals surface area contributed by atoms with Gasteiger partial charge in [-0.1, -0.05) is 11.8 Å². The van der Waals surface area contributed by atoms with Crippen molar-refractivity contribution in [2.45, 2.75) is 23.9 Å². The van der Waals surface area contributed by atoms with E-state index in [1.165, 1.54) is 24.6 Å². The molecule has 6 nitrogen and oxygen atoms in total. The highest BCUT2D eigenvalue weighted by molar-refractivity contribution is 7.99. The molecule has 2 aromatic rings. The second kappa shape index (κ2) is 5.64. The standard InChI is InChI=1S/C15H15N3O3S/c19-11(8-22-15-16-14(17-18-15)9-1-2-9)10-3-4-12-13(7-10)21-6-5-20-12/h3-4,7,9H,1-2,5-6,8H2,(H,16,17,18). The zero-order valence-electron chi connectivity index (χ0n) is 11.9. The maximum absolute atomic E-state index is 12.3. The lowest BCUT2D eigenvalue weighted by Gasteiger charge is -2.18. The van der Waals surface area contributed by atoms with Crippen molar-refractivity contribution in [3.05, 3.63) is 29.6 Å². The van der Waals surface area contributed by atoms with Gasteiger partial charge in [0.05, 0.1) is 5.75 Å². The molecule has 7 heteroatoms. The van der Waals surface area contributed by atoms with Crippen molar-refractivity contribution < 1.29 is 14.3 Å². The largest absolute Gasteiger partial charge is 0.486 e. The van der Waals surface area contributed by atoms with Crippen LogP contribution < -0.4 is 9.47 Å². The number of H-pyrrole nitrogens is 1. The Morgan fingerprint density at radius 2 is 2.09 bits per heavy atom. The van der Waals surface area contributed by atoms with Crippen LogP contribution in [0, 0.1) is 0 Å². The molecule has 1 fully saturated rings. The first-order valence-corrected chi connectivity index (χ1v) is 8.26. The molecule has 0 radical (unpaired) electrons. The van der Waals surface area contributed by atoms with Crippen molar-refractivity contribution in [1.82, 2.24) is 15.2 Å². The summed E-state index contributed by atoms with van der Waals surface area (Å²) >= 11 is 1.35. The number of nitrogens with zero attached hydrogens (tertiary/aromatic N) is 2. The van der Waals surface area contributed by atoms with Gasteiger partial charge >= 0.3 is 0 Å². The highest BCUT2D eigenvalue weighted by atomic mass is 32.2. The van der Waals surface area contributed by atoms with Crippen LogP contribution in [-0.2, 0) is 0 Å². The number of ketones is 1. The Labute approximate surface area is 131 Å². The van der Waals surface area contributed by atoms with E-state index in [0.717, 1.165) is 5.82 Å². The van der Waals surface area contributed by atoms with Crippen LogP contribution in [0.1, 0.15) is 34.9 Å². The monoisotopic (exact) mass is 317 g/mol. The fourth-order valence-electron chi connectivity index (χ4n) is 2.29. The maximum Gasteiger partial charge on any atom is 0.208 e. The Morgan fingerprint density at radius 3 is 2.91 bits per heavy atom. The number of ether oxygens (including phenoxy) is 2. The second-order valence-electron chi connectivity index (χ2n) is 5.35. The van der Waals surface area contributed by atoms with Crippen molar-refractivity contribution in [2.24, 2.45) is 0 Å². The Kier molecular flexibility index (Phi) is 3.49. The van der Waals surface area contributed by atoms with Gasteiger partial charge in [0.15, 0.2) is 17.3 Å². The molecule has 1 aromatic heterocycles. The minimum atomic E-state index is 0.0275. The van der Waals surface area contributed by atoms with Crippen molar-refractivity contribution in [2.75, 3.05) is 19.0 Å². The number of benzene rings is 1. The smallest absolute Gasteiger partial charge is 0.208 e. The number of aromatic nitrogens is 3. The van der Waals surface area contributed by atoms with Crippen LogP contribution in [0.4, 0.5) is 0 Å². The summed E-state index contributed by atoms with van der Waals surface area (Å²) in [6.07, 6.45) is 2.35. The lowest BCUT2D eigenvalue weighted by Crippen LogP contribution is -2.16. The average molecular weight is 317 g/mol. The molecule has 0 amide bonds. The van der Waals surface area contributed by atoms with Crippen molar-refractivity contribution in [3.8, 4) is 11.5 Å². The molecule has 0 saturated heterocycles. The van der Waals surface area contributed by atoms with Crippen molar-refractivity contribution >= 4 is 17.5 Å². The van der Waals surface area contributed by atoms with E-state index in [1.54, 1.807) is 18.2 Å². The number of thioether (sulfide) groups is 1. The van der Waals surface area contributed by atoms with Crippen LogP contribution in [-0.4, -0.2) is 39.9 Å². The molecular weight excluding hydrogens is 302 g/mol. The lowest BCUT2D eigenvalue weighted by molar-refractivity contribution is 0.102. The molecule has 0 spiro atoms. The van der Waals surface area contributed by atoms with Gasteiger partial charge in [-0.05, 0) is 31.0 Å². The molecule has 0 bridgehead atoms. The molecule has 0 unspecified atom stereocenters. The van der Waals surface area contributed by atoms with E-state index in [1.807, 2.05) is 0 Å². The number of carbonyl (C=O) groups excluding carboxylic acids is 1. The van der Waals surface area contributed by atoms with E-state index in [4.69, 9.17) is 9.47 Å². The van der Waals surface area contributed by atoms with Crippen molar-refractivity contribution in [1.29, 1.82) is 0 Å². The van der Waals surface area contributed by atoms with Gasteiger partial charge in [-0.2, -0.15) is 0 Å². The number of hydrogen-bond acceptors (Lipinski definition) is 6. The molecule has 1 aliphatic carbocycles. The summed E-state index contributed by atoms with van der Waals surface area (Å²) in [7, 11) is 0. The zero-order chi connectivity index (χ0) is 14.9. The minimum Gasteiger partial charge on any atom is -0.486 e. The van der Waals surface area contributed by atoms with Gasteiger partial charge in [0, 0.05) is 11.5 Å². The van der Waals surface area contributed by atoms with E-state index in [-0.39, 0.29) is 5.78 Å². The van der Waals surface area contributed by atoms with Crippen LogP contribution in [0.2, 0.25) is 0 Å². The molecule has 1 aliphatic heterocycles. The van der Waals surface area contributed by atoms with Gasteiger partial charge in [-0.3, -0.25) is 9.89 Å². The molecule has 0 atom stereocenters. The maximum atomic E-state index is 12.3. The highest BCUT2D eigenvalue weighted by Gasteiger charge is 2.27. The van der Waals surface area contributed by atoms with Crippen LogP contribution in [0.25, 0.3) is 0 Å². The number of Topliss-reactive ketones (excluding diaryl/α,β-unsaturated/α-hetero) is 1. The first-order valence-electron chi connectivity index (χ1n) is 7.27. The fraction of sp³-hybridized carbons (Fsp3) is 0.400. The summed E-state index contributed by atoms with van der Waals surface area (Å²) < 4.78 is 11.0. The van der Waals surface area contributed by atoms with Gasteiger partial charge in [-0.15, -0.1) is 5.10 Å². The van der Waals surface area contributed by atoms with Crippen LogP contribution >= 0.6 is 11.8 Å². The molecule has 114 valence electrons. The Bertz CT molecular complexity index is 712. The predicted octanol–water partition coefficient (Wildman–Crippen LogP) is 2.43. The summed E-state index contributed by atoms with van der Waals surface area (Å²) in [5, 5.41) is 7.72. The topological polar surface area (TPSA) is 77.1 Å². The van der Waals surface area contributed by atoms with Crippen LogP contribution in [0.3, 0.4) is 0 Å². The summed E-state index contributed by atoms with van der Waals surface area (Å²) in [5.74, 6) is 3.14. The Balaban J connectivity index is 1.40. The third kappa shape index (κ3) is 2.81. The zero-order valence-corrected chi connectivity index (χ0v) is 12.7. The summed E-state index contributed by atoms with van der Waals surface area (Å²) in [5.41, 5.74) is 0.620. The quantitative estimate of drug-likeness (QED) is 0.674. The molecule has 4 rings (SSSR count). The number of carbonyl (C=O) groups is 1. The fourth-order valence-corrected chi connectivity index (χ4v) is 2.99. The number of nitrogens with one attached hydrogen (secondary N) is 1. The molecule has 1 aromatic carbocycles. The molecular formula is C15H15N3O3S. The average Bonchev–Trinajstić information content (AvgIpc) is 3.31. The van der Waals surface area contributed by atoms with Crippen LogP contribution in [0.15, 0.2) is 23.4 Å². The Hall–Kier alpha value is -2.02. The summed E-state index contributed by atoms with van der Waals surface area (Å²) in [6, 6.07) is 5.29. The SMILES string of the molecule is O=C(CSc1n[nH]c(C2CC2)n1)c1ccc2c(c1)OCCO2. The Morgan fingerprint density at radius 1 is 1.27 bits per heavy atom. The van der Waals surface area contributed by atoms with Gasteiger partial charge in [-0.25, -0.2) is 4.98 Å². The third-order valence-electron chi connectivity index (χ3n) is 3.64. The van der Waals surface area contributed by atoms with E-state index in [0.29, 0.717) is 47.1 Å². The van der Waals surface area contributed by atoms with E-state index >= 15 is 0 Å². The summed E-state index contributed by atoms with van der Waals surface area (Å²) in [4.78, 5) is 16.7.